The molecule has 0 saturated heterocycles. The molecule has 1 rings (SSSR count). The molecule has 0 unspecified atom stereocenters. The summed E-state index contributed by atoms with van der Waals surface area (Å²) in [5.74, 6) is 0. The molecular formula is C15H16N2. The Morgan fingerprint density at radius 2 is 1.71 bits per heavy atom. The largest absolute Gasteiger partial charge is 0.197 e. The van der Waals surface area contributed by atoms with Crippen molar-refractivity contribution in [2.75, 3.05) is 0 Å². The zero-order valence-corrected chi connectivity index (χ0v) is 10.1. The molecule has 0 aliphatic rings. The van der Waals surface area contributed by atoms with E-state index >= 15 is 0 Å². The summed E-state index contributed by atoms with van der Waals surface area (Å²) in [6, 6.07) is 12.3. The van der Waals surface area contributed by atoms with Crippen molar-refractivity contribution in [1.29, 1.82) is 10.5 Å². The first-order chi connectivity index (χ1) is 8.19. The van der Waals surface area contributed by atoms with Gasteiger partial charge < -0.3 is 0 Å². The fourth-order valence-electron chi connectivity index (χ4n) is 1.76. The van der Waals surface area contributed by atoms with Gasteiger partial charge in [0.05, 0.1) is 12.1 Å². The van der Waals surface area contributed by atoms with Gasteiger partial charge in [0.1, 0.15) is 0 Å². The van der Waals surface area contributed by atoms with Crippen LogP contribution in [0, 0.1) is 28.1 Å². The number of hydrogen-bond acceptors (Lipinski definition) is 2. The first-order valence-corrected chi connectivity index (χ1v) is 5.71. The minimum Gasteiger partial charge on any atom is -0.197 e. The van der Waals surface area contributed by atoms with Crippen LogP contribution in [-0.4, -0.2) is 0 Å². The van der Waals surface area contributed by atoms with E-state index in [4.69, 9.17) is 10.5 Å². The summed E-state index contributed by atoms with van der Waals surface area (Å²) in [5.41, 5.74) is 1.30. The molecule has 0 aromatic heterocycles. The monoisotopic (exact) mass is 224 g/mol. The van der Waals surface area contributed by atoms with Crippen LogP contribution in [0.25, 0.3) is 0 Å². The lowest BCUT2D eigenvalue weighted by molar-refractivity contribution is 0.527. The van der Waals surface area contributed by atoms with Gasteiger partial charge in [-0.15, -0.1) is 6.58 Å². The molecule has 0 aliphatic heterocycles. The fourth-order valence-corrected chi connectivity index (χ4v) is 1.76. The van der Waals surface area contributed by atoms with Crippen LogP contribution >= 0.6 is 0 Å². The number of nitriles is 2. The number of benzene rings is 1. The average Bonchev–Trinajstić information content (AvgIpc) is 2.39. The molecule has 86 valence electrons. The van der Waals surface area contributed by atoms with Crippen LogP contribution in [0.2, 0.25) is 0 Å². The summed E-state index contributed by atoms with van der Waals surface area (Å²) in [5, 5.41) is 18.3. The predicted molar refractivity (Wildman–Crippen MR) is 68.0 cm³/mol. The SMILES string of the molecule is C=CCC(C#N)(C#N)Cc1ccc(CC)cc1. The van der Waals surface area contributed by atoms with Gasteiger partial charge in [0.2, 0.25) is 0 Å². The second-order valence-electron chi connectivity index (χ2n) is 4.15. The molecule has 1 aromatic rings. The predicted octanol–water partition coefficient (Wildman–Crippen LogP) is 3.40. The molecule has 17 heavy (non-hydrogen) atoms. The van der Waals surface area contributed by atoms with Crippen molar-refractivity contribution in [3.8, 4) is 12.1 Å². The van der Waals surface area contributed by atoms with E-state index in [1.807, 2.05) is 24.3 Å². The molecule has 0 spiro atoms. The number of allylic oxidation sites excluding steroid dienone is 1. The van der Waals surface area contributed by atoms with Crippen LogP contribution in [-0.2, 0) is 12.8 Å². The summed E-state index contributed by atoms with van der Waals surface area (Å²) < 4.78 is 0. The Morgan fingerprint density at radius 3 is 2.12 bits per heavy atom. The van der Waals surface area contributed by atoms with E-state index in [-0.39, 0.29) is 0 Å². The van der Waals surface area contributed by atoms with Crippen molar-refractivity contribution in [3.63, 3.8) is 0 Å². The maximum atomic E-state index is 9.15. The van der Waals surface area contributed by atoms with Gasteiger partial charge in [0.15, 0.2) is 5.41 Å². The normalized spacial score (nSPS) is 10.3. The fraction of sp³-hybridized carbons (Fsp3) is 0.333. The van der Waals surface area contributed by atoms with Crippen LogP contribution in [0.5, 0.6) is 0 Å². The van der Waals surface area contributed by atoms with Crippen molar-refractivity contribution >= 4 is 0 Å². The quantitative estimate of drug-likeness (QED) is 0.719. The molecule has 0 N–H and O–H groups in total. The van der Waals surface area contributed by atoms with Gasteiger partial charge in [-0.3, -0.25) is 0 Å². The van der Waals surface area contributed by atoms with Gasteiger partial charge in [-0.05, 0) is 24.0 Å². The van der Waals surface area contributed by atoms with Gasteiger partial charge in [0, 0.05) is 6.42 Å². The smallest absolute Gasteiger partial charge is 0.151 e. The van der Waals surface area contributed by atoms with Crippen molar-refractivity contribution in [3.05, 3.63) is 48.0 Å². The Hall–Kier alpha value is -2.06. The molecule has 0 fully saturated rings. The molecule has 0 aliphatic carbocycles. The third-order valence-corrected chi connectivity index (χ3v) is 2.86. The van der Waals surface area contributed by atoms with Crippen LogP contribution in [0.3, 0.4) is 0 Å². The van der Waals surface area contributed by atoms with E-state index in [2.05, 4.69) is 25.6 Å². The van der Waals surface area contributed by atoms with Crippen LogP contribution in [0.4, 0.5) is 0 Å². The van der Waals surface area contributed by atoms with Crippen molar-refractivity contribution in [2.24, 2.45) is 5.41 Å². The molecular weight excluding hydrogens is 208 g/mol. The summed E-state index contributed by atoms with van der Waals surface area (Å²) in [6.07, 6.45) is 3.48. The molecule has 0 saturated carbocycles. The van der Waals surface area contributed by atoms with Gasteiger partial charge in [-0.1, -0.05) is 37.3 Å². The Bertz CT molecular complexity index is 443. The van der Waals surface area contributed by atoms with E-state index in [9.17, 15) is 0 Å². The maximum absolute atomic E-state index is 9.15. The number of hydrogen-bond donors (Lipinski definition) is 0. The standard InChI is InChI=1S/C15H16N2/c1-3-9-15(11-16,12-17)10-14-7-5-13(4-2)6-8-14/h3,5-8H,1,4,9-10H2,2H3. The highest BCUT2D eigenvalue weighted by Crippen LogP contribution is 2.26. The molecule has 1 aromatic carbocycles. The zero-order chi connectivity index (χ0) is 12.7. The number of rotatable bonds is 5. The van der Waals surface area contributed by atoms with E-state index in [1.54, 1.807) is 6.08 Å². The summed E-state index contributed by atoms with van der Waals surface area (Å²) in [6.45, 7) is 5.71. The second kappa shape index (κ2) is 5.87. The molecule has 0 amide bonds. The highest BCUT2D eigenvalue weighted by atomic mass is 14.4. The van der Waals surface area contributed by atoms with Gasteiger partial charge in [-0.2, -0.15) is 10.5 Å². The minimum atomic E-state index is -0.977. The van der Waals surface area contributed by atoms with Crippen molar-refractivity contribution in [1.82, 2.24) is 0 Å². The lowest BCUT2D eigenvalue weighted by Gasteiger charge is -2.16. The van der Waals surface area contributed by atoms with E-state index < -0.39 is 5.41 Å². The van der Waals surface area contributed by atoms with Crippen LogP contribution < -0.4 is 0 Å². The van der Waals surface area contributed by atoms with E-state index in [0.717, 1.165) is 12.0 Å². The van der Waals surface area contributed by atoms with Gasteiger partial charge in [-0.25, -0.2) is 0 Å². The van der Waals surface area contributed by atoms with Crippen molar-refractivity contribution < 1.29 is 0 Å². The highest BCUT2D eigenvalue weighted by Gasteiger charge is 2.28. The molecule has 2 nitrogen and oxygen atoms in total. The highest BCUT2D eigenvalue weighted by molar-refractivity contribution is 5.28. The molecule has 0 heterocycles. The first kappa shape index (κ1) is 13.0. The van der Waals surface area contributed by atoms with Crippen LogP contribution in [0.1, 0.15) is 24.5 Å². The zero-order valence-electron chi connectivity index (χ0n) is 10.1. The summed E-state index contributed by atoms with van der Waals surface area (Å²) in [4.78, 5) is 0. The second-order valence-corrected chi connectivity index (χ2v) is 4.15. The Kier molecular flexibility index (Phi) is 4.49. The Labute approximate surface area is 103 Å². The lowest BCUT2D eigenvalue weighted by Crippen LogP contribution is -2.18. The third kappa shape index (κ3) is 3.20. The average molecular weight is 224 g/mol. The minimum absolute atomic E-state index is 0.398. The Balaban J connectivity index is 2.91. The van der Waals surface area contributed by atoms with E-state index in [1.165, 1.54) is 5.56 Å². The van der Waals surface area contributed by atoms with E-state index in [0.29, 0.717) is 12.8 Å². The van der Waals surface area contributed by atoms with Crippen molar-refractivity contribution in [2.45, 2.75) is 26.2 Å². The topological polar surface area (TPSA) is 47.6 Å². The third-order valence-electron chi connectivity index (χ3n) is 2.86. The molecule has 0 bridgehead atoms. The Morgan fingerprint density at radius 1 is 1.18 bits per heavy atom. The van der Waals surface area contributed by atoms with Gasteiger partial charge >= 0.3 is 0 Å². The first-order valence-electron chi connectivity index (χ1n) is 5.71. The maximum Gasteiger partial charge on any atom is 0.151 e. The number of aryl methyl sites for hydroxylation is 1. The molecule has 0 radical (unpaired) electrons. The summed E-state index contributed by atoms with van der Waals surface area (Å²) in [7, 11) is 0. The van der Waals surface area contributed by atoms with Crippen LogP contribution in [0.15, 0.2) is 36.9 Å². The number of nitrogens with zero attached hydrogens (tertiary/aromatic N) is 2. The lowest BCUT2D eigenvalue weighted by atomic mass is 9.81. The van der Waals surface area contributed by atoms with Gasteiger partial charge in [0.25, 0.3) is 0 Å². The summed E-state index contributed by atoms with van der Waals surface area (Å²) >= 11 is 0. The molecule has 0 atom stereocenters. The molecule has 2 heteroatoms.